The highest BCUT2D eigenvalue weighted by atomic mass is 35.5. The van der Waals surface area contributed by atoms with E-state index in [-0.39, 0.29) is 23.6 Å². The molecule has 146 valence electrons. The van der Waals surface area contributed by atoms with Crippen molar-refractivity contribution in [3.05, 3.63) is 63.8 Å². The molecule has 0 unspecified atom stereocenters. The minimum atomic E-state index is -0.347. The van der Waals surface area contributed by atoms with E-state index in [4.69, 9.17) is 16.3 Å². The zero-order valence-electron chi connectivity index (χ0n) is 16.6. The average molecular weight is 399 g/mol. The molecule has 0 spiro atoms. The van der Waals surface area contributed by atoms with Gasteiger partial charge < -0.3 is 10.1 Å². The Balaban J connectivity index is 2.11. The molecule has 1 heterocycles. The highest BCUT2D eigenvalue weighted by Gasteiger charge is 2.40. The molecule has 0 radical (unpaired) electrons. The maximum atomic E-state index is 13.1. The zero-order chi connectivity index (χ0) is 20.6. The third kappa shape index (κ3) is 3.50. The van der Waals surface area contributed by atoms with Gasteiger partial charge in [-0.1, -0.05) is 29.8 Å². The number of anilines is 1. The number of hydrogen-bond acceptors (Lipinski definition) is 4. The number of nitrogens with one attached hydrogen (secondary N) is 1. The predicted octanol–water partition coefficient (Wildman–Crippen LogP) is 4.57. The molecule has 0 aromatic heterocycles. The second kappa shape index (κ2) is 7.68. The molecule has 2 aromatic rings. The number of halogens is 1. The number of carbonyl (C=O) groups is 2. The summed E-state index contributed by atoms with van der Waals surface area (Å²) in [4.78, 5) is 27.4. The Morgan fingerprint density at radius 1 is 1.00 bits per heavy atom. The molecule has 2 aromatic carbocycles. The number of ether oxygens (including phenoxy) is 1. The summed E-state index contributed by atoms with van der Waals surface area (Å²) in [6, 6.07) is 10.6. The van der Waals surface area contributed by atoms with Gasteiger partial charge in [0.05, 0.1) is 17.7 Å². The first-order valence-corrected chi connectivity index (χ1v) is 9.42. The number of hydrogen-bond donors (Lipinski definition) is 1. The maximum Gasteiger partial charge on any atom is 0.278 e. The summed E-state index contributed by atoms with van der Waals surface area (Å²) in [5, 5.41) is 3.52. The first-order valence-electron chi connectivity index (χ1n) is 9.05. The molecule has 3 rings (SSSR count). The second-order valence-electron chi connectivity index (χ2n) is 7.10. The summed E-state index contributed by atoms with van der Waals surface area (Å²) in [6.45, 7) is 7.63. The van der Waals surface area contributed by atoms with Crippen LogP contribution in [0.2, 0.25) is 5.02 Å². The van der Waals surface area contributed by atoms with Crippen LogP contribution in [0.25, 0.3) is 5.57 Å². The lowest BCUT2D eigenvalue weighted by Gasteiger charge is -2.19. The van der Waals surface area contributed by atoms with Gasteiger partial charge in [0, 0.05) is 11.7 Å². The largest absolute Gasteiger partial charge is 0.495 e. The molecule has 0 fully saturated rings. The van der Waals surface area contributed by atoms with E-state index in [9.17, 15) is 9.59 Å². The maximum absolute atomic E-state index is 13.1. The average Bonchev–Trinajstić information content (AvgIpc) is 2.88. The molecular formula is C22H23ClN2O3. The summed E-state index contributed by atoms with van der Waals surface area (Å²) in [5.41, 5.74) is 4.12. The minimum absolute atomic E-state index is 0.250. The molecule has 28 heavy (non-hydrogen) atoms. The van der Waals surface area contributed by atoms with Crippen molar-refractivity contribution in [1.29, 1.82) is 0 Å². The first kappa shape index (κ1) is 20.0. The van der Waals surface area contributed by atoms with Gasteiger partial charge in [0.1, 0.15) is 11.4 Å². The van der Waals surface area contributed by atoms with Crippen molar-refractivity contribution in [3.63, 3.8) is 0 Å². The molecule has 2 amide bonds. The normalized spacial score (nSPS) is 14.3. The van der Waals surface area contributed by atoms with Crippen LogP contribution in [0.15, 0.2) is 42.1 Å². The van der Waals surface area contributed by atoms with E-state index in [1.54, 1.807) is 18.2 Å². The molecular weight excluding hydrogens is 376 g/mol. The van der Waals surface area contributed by atoms with Gasteiger partial charge in [0.25, 0.3) is 11.8 Å². The number of aryl methyl sites for hydroxylation is 2. The topological polar surface area (TPSA) is 58.6 Å². The second-order valence-corrected chi connectivity index (χ2v) is 7.50. The van der Waals surface area contributed by atoms with Crippen LogP contribution in [-0.2, 0) is 9.59 Å². The van der Waals surface area contributed by atoms with E-state index in [1.165, 1.54) is 12.0 Å². The molecule has 0 bridgehead atoms. The van der Waals surface area contributed by atoms with Crippen molar-refractivity contribution in [2.75, 3.05) is 12.4 Å². The highest BCUT2D eigenvalue weighted by Crippen LogP contribution is 2.34. The van der Waals surface area contributed by atoms with Gasteiger partial charge in [-0.25, -0.2) is 0 Å². The fourth-order valence-corrected chi connectivity index (χ4v) is 3.44. The first-order chi connectivity index (χ1) is 13.2. The molecule has 0 aliphatic carbocycles. The van der Waals surface area contributed by atoms with Crippen LogP contribution in [0.4, 0.5) is 5.69 Å². The minimum Gasteiger partial charge on any atom is -0.495 e. The number of methoxy groups -OCH3 is 1. The third-order valence-electron chi connectivity index (χ3n) is 4.85. The fraction of sp³-hybridized carbons (Fsp3) is 0.273. The van der Waals surface area contributed by atoms with E-state index in [0.717, 1.165) is 11.1 Å². The summed E-state index contributed by atoms with van der Waals surface area (Å²) in [5.74, 6) is -0.112. The van der Waals surface area contributed by atoms with E-state index >= 15 is 0 Å². The Bertz CT molecular complexity index is 995. The van der Waals surface area contributed by atoms with E-state index in [0.29, 0.717) is 27.6 Å². The number of amides is 2. The van der Waals surface area contributed by atoms with Crippen molar-refractivity contribution in [2.45, 2.75) is 33.7 Å². The molecule has 5 nitrogen and oxygen atoms in total. The van der Waals surface area contributed by atoms with Crippen LogP contribution < -0.4 is 10.1 Å². The van der Waals surface area contributed by atoms with Crippen molar-refractivity contribution in [3.8, 4) is 5.75 Å². The Morgan fingerprint density at radius 2 is 1.71 bits per heavy atom. The number of imide groups is 1. The fourth-order valence-electron chi connectivity index (χ4n) is 3.19. The van der Waals surface area contributed by atoms with Gasteiger partial charge in [-0.2, -0.15) is 0 Å². The molecule has 1 N–H and O–H groups in total. The standard InChI is InChI=1S/C22H23ClN2O3/c1-12(2)25-21(26)19(15-7-6-13(3)14(4)10-15)20(22(25)27)24-16-8-9-18(28-5)17(23)11-16/h6-12,24H,1-5H3. The van der Waals surface area contributed by atoms with Crippen LogP contribution >= 0.6 is 11.6 Å². The molecule has 6 heteroatoms. The monoisotopic (exact) mass is 398 g/mol. The van der Waals surface area contributed by atoms with Crippen molar-refractivity contribution in [2.24, 2.45) is 0 Å². The lowest BCUT2D eigenvalue weighted by Crippen LogP contribution is -2.38. The number of nitrogens with zero attached hydrogens (tertiary/aromatic N) is 1. The Hall–Kier alpha value is -2.79. The van der Waals surface area contributed by atoms with Crippen molar-refractivity contribution in [1.82, 2.24) is 4.90 Å². The molecule has 0 saturated heterocycles. The Morgan fingerprint density at radius 3 is 2.29 bits per heavy atom. The third-order valence-corrected chi connectivity index (χ3v) is 5.14. The van der Waals surface area contributed by atoms with Gasteiger partial charge >= 0.3 is 0 Å². The van der Waals surface area contributed by atoms with Gasteiger partial charge in [-0.15, -0.1) is 0 Å². The van der Waals surface area contributed by atoms with E-state index in [2.05, 4.69) is 5.32 Å². The van der Waals surface area contributed by atoms with Crippen LogP contribution in [0, 0.1) is 13.8 Å². The number of carbonyl (C=O) groups excluding carboxylic acids is 2. The van der Waals surface area contributed by atoms with Crippen molar-refractivity contribution >= 4 is 34.7 Å². The summed E-state index contributed by atoms with van der Waals surface area (Å²) in [6.07, 6.45) is 0. The molecule has 1 aliphatic rings. The highest BCUT2D eigenvalue weighted by molar-refractivity contribution is 6.37. The van der Waals surface area contributed by atoms with Gasteiger partial charge in [-0.3, -0.25) is 14.5 Å². The lowest BCUT2D eigenvalue weighted by atomic mass is 9.99. The quantitative estimate of drug-likeness (QED) is 0.750. The summed E-state index contributed by atoms with van der Waals surface area (Å²) >= 11 is 6.21. The van der Waals surface area contributed by atoms with Gasteiger partial charge in [0.2, 0.25) is 0 Å². The number of benzene rings is 2. The van der Waals surface area contributed by atoms with Crippen LogP contribution in [0.1, 0.15) is 30.5 Å². The Kier molecular flexibility index (Phi) is 5.47. The number of rotatable bonds is 5. The lowest BCUT2D eigenvalue weighted by molar-refractivity contribution is -0.138. The Labute approximate surface area is 169 Å². The zero-order valence-corrected chi connectivity index (χ0v) is 17.3. The summed E-state index contributed by atoms with van der Waals surface area (Å²) < 4.78 is 5.17. The molecule has 1 aliphatic heterocycles. The smallest absolute Gasteiger partial charge is 0.278 e. The van der Waals surface area contributed by atoms with Crippen molar-refractivity contribution < 1.29 is 14.3 Å². The van der Waals surface area contributed by atoms with Crippen LogP contribution in [-0.4, -0.2) is 29.9 Å². The van der Waals surface area contributed by atoms with Gasteiger partial charge in [-0.05, 0) is 62.6 Å². The van der Waals surface area contributed by atoms with Crippen LogP contribution in [0.3, 0.4) is 0 Å². The SMILES string of the molecule is COc1ccc(NC2=C(c3ccc(C)c(C)c3)C(=O)N(C(C)C)C2=O)cc1Cl. The predicted molar refractivity (Wildman–Crippen MR) is 111 cm³/mol. The van der Waals surface area contributed by atoms with E-state index < -0.39 is 0 Å². The van der Waals surface area contributed by atoms with Gasteiger partial charge in [0.15, 0.2) is 0 Å². The molecule has 0 atom stereocenters. The van der Waals surface area contributed by atoms with E-state index in [1.807, 2.05) is 45.9 Å². The summed E-state index contributed by atoms with van der Waals surface area (Å²) in [7, 11) is 1.54. The molecule has 0 saturated carbocycles. The van der Waals surface area contributed by atoms with Crippen LogP contribution in [0.5, 0.6) is 5.75 Å².